The maximum atomic E-state index is 10.5. The lowest BCUT2D eigenvalue weighted by molar-refractivity contribution is -0.113. The van der Waals surface area contributed by atoms with Crippen molar-refractivity contribution in [2.75, 3.05) is 0 Å². The van der Waals surface area contributed by atoms with Crippen LogP contribution in [0.4, 0.5) is 0 Å². The summed E-state index contributed by atoms with van der Waals surface area (Å²) in [6, 6.07) is 0. The molecule has 0 unspecified atom stereocenters. The number of allylic oxidation sites excluding steroid dienone is 4. The molecule has 2 radical (unpaired) electrons. The Morgan fingerprint density at radius 1 is 1.40 bits per heavy atom. The van der Waals surface area contributed by atoms with Crippen molar-refractivity contribution in [2.24, 2.45) is 0 Å². The number of hydrogen-bond acceptors (Lipinski definition) is 1. The van der Waals surface area contributed by atoms with E-state index in [1.165, 1.54) is 6.92 Å². The highest BCUT2D eigenvalue weighted by Gasteiger charge is 1.92. The van der Waals surface area contributed by atoms with Gasteiger partial charge in [0.2, 0.25) is 0 Å². The third-order valence-corrected chi connectivity index (χ3v) is 0.951. The molecule has 1 nitrogen and oxygen atoms in total. The Bertz CT molecular complexity index is 201. The van der Waals surface area contributed by atoms with E-state index in [2.05, 4.69) is 13.2 Å². The molecule has 2 heteroatoms. The zero-order chi connectivity index (χ0) is 8.15. The fraction of sp³-hybridized carbons (Fsp3) is 0.125. The first-order chi connectivity index (χ1) is 4.54. The standard InChI is InChI=1S/C8H9BO/c1-6(8(3)10)4-5-7(2)9/h4-5H,1-2H2,3H3. The Balaban J connectivity index is 4.03. The predicted molar refractivity (Wildman–Crippen MR) is 43.9 cm³/mol. The molecule has 0 saturated carbocycles. The van der Waals surface area contributed by atoms with E-state index >= 15 is 0 Å². The monoisotopic (exact) mass is 132 g/mol. The number of hydrogen-bond donors (Lipinski definition) is 0. The molecule has 50 valence electrons. The zero-order valence-corrected chi connectivity index (χ0v) is 6.05. The highest BCUT2D eigenvalue weighted by molar-refractivity contribution is 6.23. The fourth-order valence-electron chi connectivity index (χ4n) is 0.325. The lowest BCUT2D eigenvalue weighted by Gasteiger charge is -1.89. The van der Waals surface area contributed by atoms with Crippen LogP contribution in [0.5, 0.6) is 0 Å². The van der Waals surface area contributed by atoms with Crippen LogP contribution < -0.4 is 0 Å². The summed E-state index contributed by atoms with van der Waals surface area (Å²) in [5, 5.41) is 0. The van der Waals surface area contributed by atoms with Crippen LogP contribution in [0.3, 0.4) is 0 Å². The molecule has 0 heterocycles. The molecule has 0 fully saturated rings. The van der Waals surface area contributed by atoms with Gasteiger partial charge in [-0.15, -0.1) is 12.1 Å². The van der Waals surface area contributed by atoms with Gasteiger partial charge in [-0.05, 0) is 6.92 Å². The molecule has 0 amide bonds. The second kappa shape index (κ2) is 3.88. The van der Waals surface area contributed by atoms with Crippen molar-refractivity contribution in [3.63, 3.8) is 0 Å². The van der Waals surface area contributed by atoms with E-state index in [1.54, 1.807) is 12.2 Å². The highest BCUT2D eigenvalue weighted by Crippen LogP contribution is 1.95. The molecular weight excluding hydrogens is 123 g/mol. The summed E-state index contributed by atoms with van der Waals surface area (Å²) in [6.07, 6.45) is 3.09. The average molecular weight is 132 g/mol. The van der Waals surface area contributed by atoms with Crippen LogP contribution in [-0.2, 0) is 4.79 Å². The smallest absolute Gasteiger partial charge is 0.159 e. The van der Waals surface area contributed by atoms with Crippen LogP contribution in [0.2, 0.25) is 0 Å². The summed E-state index contributed by atoms with van der Waals surface area (Å²) in [5.41, 5.74) is 0.856. The van der Waals surface area contributed by atoms with E-state index in [1.807, 2.05) is 0 Å². The Morgan fingerprint density at radius 2 is 1.90 bits per heavy atom. The minimum absolute atomic E-state index is 0.0579. The summed E-state index contributed by atoms with van der Waals surface area (Å²) in [4.78, 5) is 10.5. The first-order valence-electron chi connectivity index (χ1n) is 2.86. The topological polar surface area (TPSA) is 17.1 Å². The van der Waals surface area contributed by atoms with Gasteiger partial charge in [0.25, 0.3) is 0 Å². The summed E-state index contributed by atoms with van der Waals surface area (Å²) in [5.74, 6) is -0.0579. The van der Waals surface area contributed by atoms with Gasteiger partial charge in [-0.25, -0.2) is 0 Å². The van der Waals surface area contributed by atoms with Crippen LogP contribution in [0.15, 0.2) is 36.4 Å². The van der Waals surface area contributed by atoms with Crippen LogP contribution in [0.25, 0.3) is 0 Å². The zero-order valence-electron chi connectivity index (χ0n) is 6.05. The van der Waals surface area contributed by atoms with Gasteiger partial charge in [0.15, 0.2) is 5.78 Å². The van der Waals surface area contributed by atoms with Gasteiger partial charge < -0.3 is 0 Å². The van der Waals surface area contributed by atoms with Crippen LogP contribution in [0.1, 0.15) is 6.92 Å². The minimum atomic E-state index is -0.0579. The van der Waals surface area contributed by atoms with Gasteiger partial charge in [-0.1, -0.05) is 18.7 Å². The molecule has 10 heavy (non-hydrogen) atoms. The van der Waals surface area contributed by atoms with Crippen molar-refractivity contribution in [2.45, 2.75) is 6.92 Å². The second-order valence-electron chi connectivity index (χ2n) is 1.99. The third kappa shape index (κ3) is 3.90. The van der Waals surface area contributed by atoms with E-state index in [4.69, 9.17) is 7.85 Å². The number of rotatable bonds is 3. The predicted octanol–water partition coefficient (Wildman–Crippen LogP) is 1.37. The third-order valence-electron chi connectivity index (χ3n) is 0.951. The van der Waals surface area contributed by atoms with Crippen molar-refractivity contribution >= 4 is 13.6 Å². The summed E-state index contributed by atoms with van der Waals surface area (Å²) < 4.78 is 0. The second-order valence-corrected chi connectivity index (χ2v) is 1.99. The number of ketones is 1. The van der Waals surface area contributed by atoms with Crippen molar-refractivity contribution in [3.05, 3.63) is 36.4 Å². The molecule has 0 aliphatic carbocycles. The summed E-state index contributed by atoms with van der Waals surface area (Å²) in [6.45, 7) is 8.37. The molecule has 0 saturated heterocycles. The maximum Gasteiger partial charge on any atom is 0.159 e. The van der Waals surface area contributed by atoms with Gasteiger partial charge in [0, 0.05) is 5.57 Å². The Hall–Kier alpha value is -1.05. The first-order valence-corrected chi connectivity index (χ1v) is 2.86. The van der Waals surface area contributed by atoms with Crippen LogP contribution >= 0.6 is 0 Å². The fourth-order valence-corrected chi connectivity index (χ4v) is 0.325. The van der Waals surface area contributed by atoms with Crippen molar-refractivity contribution < 1.29 is 4.79 Å². The van der Waals surface area contributed by atoms with E-state index in [0.717, 1.165) is 0 Å². The van der Waals surface area contributed by atoms with E-state index in [9.17, 15) is 4.79 Å². The molecule has 0 aliphatic rings. The van der Waals surface area contributed by atoms with E-state index in [-0.39, 0.29) is 5.78 Å². The van der Waals surface area contributed by atoms with Gasteiger partial charge in [-0.3, -0.25) is 4.79 Å². The largest absolute Gasteiger partial charge is 0.295 e. The van der Waals surface area contributed by atoms with Crippen molar-refractivity contribution in [1.82, 2.24) is 0 Å². The number of carbonyl (C=O) groups excluding carboxylic acids is 1. The lowest BCUT2D eigenvalue weighted by atomic mass is 9.97. The molecule has 0 rings (SSSR count). The lowest BCUT2D eigenvalue weighted by Crippen LogP contribution is -1.89. The van der Waals surface area contributed by atoms with Crippen molar-refractivity contribution in [3.8, 4) is 0 Å². The minimum Gasteiger partial charge on any atom is -0.295 e. The van der Waals surface area contributed by atoms with E-state index < -0.39 is 0 Å². The van der Waals surface area contributed by atoms with Crippen LogP contribution in [-0.4, -0.2) is 13.6 Å². The number of carbonyl (C=O) groups is 1. The Labute approximate surface area is 62.5 Å². The molecule has 0 aromatic carbocycles. The SMILES string of the molecule is [B]C(=C)C=CC(=C)C(C)=O. The maximum absolute atomic E-state index is 10.5. The molecule has 0 aromatic heterocycles. The summed E-state index contributed by atoms with van der Waals surface area (Å²) in [7, 11) is 5.21. The molecule has 0 spiro atoms. The van der Waals surface area contributed by atoms with Crippen molar-refractivity contribution in [1.29, 1.82) is 0 Å². The summed E-state index contributed by atoms with van der Waals surface area (Å²) >= 11 is 0. The molecule has 0 atom stereocenters. The Kier molecular flexibility index (Phi) is 3.48. The van der Waals surface area contributed by atoms with Gasteiger partial charge in [0.1, 0.15) is 7.85 Å². The molecule has 0 bridgehead atoms. The van der Waals surface area contributed by atoms with Gasteiger partial charge in [-0.2, -0.15) is 0 Å². The van der Waals surface area contributed by atoms with Gasteiger partial charge >= 0.3 is 0 Å². The normalized spacial score (nSPS) is 9.70. The first kappa shape index (κ1) is 8.95. The Morgan fingerprint density at radius 3 is 2.20 bits per heavy atom. The number of Topliss-reactive ketones (excluding diaryl/α,β-unsaturated/α-hetero) is 1. The van der Waals surface area contributed by atoms with Crippen LogP contribution in [0, 0.1) is 0 Å². The van der Waals surface area contributed by atoms with Gasteiger partial charge in [0.05, 0.1) is 0 Å². The molecule has 0 N–H and O–H groups in total. The molecular formula is C8H9BO. The molecule has 0 aliphatic heterocycles. The molecule has 0 aromatic rings. The van der Waals surface area contributed by atoms with E-state index in [0.29, 0.717) is 11.0 Å². The average Bonchev–Trinajstić information content (AvgIpc) is 1.82. The quantitative estimate of drug-likeness (QED) is 0.322. The highest BCUT2D eigenvalue weighted by atomic mass is 16.1.